The molecule has 12 rings (SSSR count). The molecule has 10 aromatic carbocycles. The van der Waals surface area contributed by atoms with E-state index in [0.717, 1.165) is 28.4 Å². The summed E-state index contributed by atoms with van der Waals surface area (Å²) < 4.78 is 0. The summed E-state index contributed by atoms with van der Waals surface area (Å²) >= 11 is 0. The van der Waals surface area contributed by atoms with Gasteiger partial charge in [0.25, 0.3) is 6.71 Å². The van der Waals surface area contributed by atoms with Crippen LogP contribution in [0.1, 0.15) is 0 Å². The largest absolute Gasteiger partial charge is 0.311 e. The second-order valence-corrected chi connectivity index (χ2v) is 16.5. The number of para-hydroxylation sites is 3. The molecule has 0 bridgehead atoms. The first-order valence-corrected chi connectivity index (χ1v) is 22.0. The van der Waals surface area contributed by atoms with Crippen molar-refractivity contribution in [3.63, 3.8) is 0 Å². The highest BCUT2D eigenvalue weighted by atomic mass is 15.2. The van der Waals surface area contributed by atoms with Crippen molar-refractivity contribution in [2.45, 2.75) is 0 Å². The molecule has 0 fully saturated rings. The van der Waals surface area contributed by atoms with Crippen molar-refractivity contribution in [3.8, 4) is 33.4 Å². The van der Waals surface area contributed by atoms with Gasteiger partial charge >= 0.3 is 0 Å². The summed E-state index contributed by atoms with van der Waals surface area (Å²) in [6, 6.07) is 92.7. The van der Waals surface area contributed by atoms with E-state index in [1.165, 1.54) is 72.5 Å². The highest BCUT2D eigenvalue weighted by Gasteiger charge is 2.43. The first-order chi connectivity index (χ1) is 31.8. The molecule has 3 nitrogen and oxygen atoms in total. The molecular weight excluding hydrogens is 773 g/mol. The van der Waals surface area contributed by atoms with Gasteiger partial charge in [-0.2, -0.15) is 0 Å². The molecule has 2 heterocycles. The van der Waals surface area contributed by atoms with Crippen LogP contribution in [0.4, 0.5) is 51.2 Å². The predicted molar refractivity (Wildman–Crippen MR) is 271 cm³/mol. The van der Waals surface area contributed by atoms with Gasteiger partial charge in [0.1, 0.15) is 0 Å². The summed E-state index contributed by atoms with van der Waals surface area (Å²) in [6.07, 6.45) is 0. The molecule has 10 aromatic rings. The number of hydrogen-bond acceptors (Lipinski definition) is 3. The zero-order valence-corrected chi connectivity index (χ0v) is 35.2. The second kappa shape index (κ2) is 15.8. The Balaban J connectivity index is 1.08. The van der Waals surface area contributed by atoms with Crippen molar-refractivity contribution in [1.82, 2.24) is 0 Å². The van der Waals surface area contributed by atoms with Crippen molar-refractivity contribution < 1.29 is 0 Å². The van der Waals surface area contributed by atoms with Gasteiger partial charge in [0.2, 0.25) is 0 Å². The molecule has 0 radical (unpaired) electrons. The van der Waals surface area contributed by atoms with Crippen molar-refractivity contribution in [1.29, 1.82) is 0 Å². The fraction of sp³-hybridized carbons (Fsp3) is 0. The standard InChI is InChI=1S/C60H42BN3/c1-6-18-43(19-7-1)45-32-34-46(35-33-45)48-36-38-54-58(41-48)64(52-29-16-22-47(40-52)44-20-8-2-9-21-44)57-31-17-30-56-60(57)61(54)55-39-37-53(42-59(55)63(56)51-27-14-5-15-28-51)62(49-23-10-3-11-24-49)50-25-12-4-13-26-50/h1-42H. The summed E-state index contributed by atoms with van der Waals surface area (Å²) in [4.78, 5) is 7.35. The molecule has 2 aliphatic heterocycles. The molecule has 2 aliphatic rings. The first-order valence-electron chi connectivity index (χ1n) is 22.0. The van der Waals surface area contributed by atoms with Crippen LogP contribution < -0.4 is 31.1 Å². The minimum Gasteiger partial charge on any atom is -0.311 e. The number of nitrogens with zero attached hydrogens (tertiary/aromatic N) is 3. The molecule has 4 heteroatoms. The van der Waals surface area contributed by atoms with Crippen LogP contribution in [0.25, 0.3) is 33.4 Å². The molecular formula is C60H42BN3. The van der Waals surface area contributed by atoms with Gasteiger partial charge < -0.3 is 14.7 Å². The van der Waals surface area contributed by atoms with E-state index in [1.54, 1.807) is 0 Å². The van der Waals surface area contributed by atoms with Gasteiger partial charge in [-0.1, -0.05) is 176 Å². The molecule has 0 atom stereocenters. The lowest BCUT2D eigenvalue weighted by Gasteiger charge is -2.44. The Labute approximate surface area is 375 Å². The fourth-order valence-electron chi connectivity index (χ4n) is 9.91. The van der Waals surface area contributed by atoms with Crippen molar-refractivity contribution in [2.24, 2.45) is 0 Å². The highest BCUT2D eigenvalue weighted by molar-refractivity contribution is 7.00. The Morgan fingerprint density at radius 2 is 0.672 bits per heavy atom. The van der Waals surface area contributed by atoms with Crippen LogP contribution in [-0.4, -0.2) is 6.71 Å². The molecule has 0 spiro atoms. The third-order valence-electron chi connectivity index (χ3n) is 12.8. The van der Waals surface area contributed by atoms with Crippen molar-refractivity contribution in [3.05, 3.63) is 255 Å². The van der Waals surface area contributed by atoms with E-state index >= 15 is 0 Å². The summed E-state index contributed by atoms with van der Waals surface area (Å²) in [5.41, 5.74) is 21.3. The normalized spacial score (nSPS) is 12.3. The van der Waals surface area contributed by atoms with Gasteiger partial charge in [-0.25, -0.2) is 0 Å². The third kappa shape index (κ3) is 6.47. The Morgan fingerprint density at radius 3 is 1.28 bits per heavy atom. The summed E-state index contributed by atoms with van der Waals surface area (Å²) in [6.45, 7) is -0.0184. The molecule has 0 N–H and O–H groups in total. The highest BCUT2D eigenvalue weighted by Crippen LogP contribution is 2.47. The molecule has 300 valence electrons. The van der Waals surface area contributed by atoms with Gasteiger partial charge in [-0.05, 0) is 129 Å². The van der Waals surface area contributed by atoms with Crippen LogP contribution in [0, 0.1) is 0 Å². The topological polar surface area (TPSA) is 9.72 Å². The molecule has 0 saturated carbocycles. The smallest absolute Gasteiger partial charge is 0.252 e. The molecule has 0 unspecified atom stereocenters. The number of benzene rings is 10. The van der Waals surface area contributed by atoms with E-state index in [4.69, 9.17) is 0 Å². The quantitative estimate of drug-likeness (QED) is 0.142. The van der Waals surface area contributed by atoms with Crippen LogP contribution in [0.15, 0.2) is 255 Å². The van der Waals surface area contributed by atoms with Crippen LogP contribution in [0.2, 0.25) is 0 Å². The van der Waals surface area contributed by atoms with Crippen LogP contribution in [-0.2, 0) is 0 Å². The van der Waals surface area contributed by atoms with E-state index in [1.807, 2.05) is 0 Å². The Kier molecular flexibility index (Phi) is 9.27. The fourth-order valence-corrected chi connectivity index (χ4v) is 9.91. The summed E-state index contributed by atoms with van der Waals surface area (Å²) in [7, 11) is 0. The number of hydrogen-bond donors (Lipinski definition) is 0. The van der Waals surface area contributed by atoms with Gasteiger partial charge in [0, 0.05) is 51.2 Å². The number of anilines is 9. The Bertz CT molecular complexity index is 3230. The van der Waals surface area contributed by atoms with E-state index in [9.17, 15) is 0 Å². The minimum absolute atomic E-state index is 0.0184. The van der Waals surface area contributed by atoms with Crippen LogP contribution in [0.3, 0.4) is 0 Å². The maximum atomic E-state index is 2.51. The molecule has 0 amide bonds. The molecule has 0 aromatic heterocycles. The average Bonchev–Trinajstić information content (AvgIpc) is 3.37. The lowest BCUT2D eigenvalue weighted by molar-refractivity contribution is 1.24. The van der Waals surface area contributed by atoms with Crippen molar-refractivity contribution in [2.75, 3.05) is 14.7 Å². The number of rotatable bonds is 8. The van der Waals surface area contributed by atoms with E-state index in [2.05, 4.69) is 269 Å². The molecule has 0 saturated heterocycles. The Morgan fingerprint density at radius 1 is 0.266 bits per heavy atom. The van der Waals surface area contributed by atoms with Crippen LogP contribution >= 0.6 is 0 Å². The van der Waals surface area contributed by atoms with Gasteiger partial charge in [-0.3, -0.25) is 0 Å². The number of fused-ring (bicyclic) bond motifs is 4. The van der Waals surface area contributed by atoms with Crippen LogP contribution in [0.5, 0.6) is 0 Å². The maximum Gasteiger partial charge on any atom is 0.252 e. The van der Waals surface area contributed by atoms with Gasteiger partial charge in [0.05, 0.1) is 0 Å². The van der Waals surface area contributed by atoms with E-state index < -0.39 is 0 Å². The SMILES string of the molecule is c1ccc(-c2ccc(-c3ccc4c(c3)N(c3cccc(-c5ccccc5)c3)c3cccc5c3B4c3ccc(N(c4ccccc4)c4ccccc4)cc3N5c3ccccc3)cc2)cc1. The third-order valence-corrected chi connectivity index (χ3v) is 12.8. The zero-order valence-electron chi connectivity index (χ0n) is 35.2. The van der Waals surface area contributed by atoms with Crippen molar-refractivity contribution >= 4 is 74.3 Å². The summed E-state index contributed by atoms with van der Waals surface area (Å²) in [5, 5.41) is 0. The Hall–Kier alpha value is -8.34. The van der Waals surface area contributed by atoms with Gasteiger partial charge in [-0.15, -0.1) is 0 Å². The molecule has 0 aliphatic carbocycles. The zero-order chi connectivity index (χ0) is 42.4. The summed E-state index contributed by atoms with van der Waals surface area (Å²) in [5.74, 6) is 0. The lowest BCUT2D eigenvalue weighted by atomic mass is 9.33. The van der Waals surface area contributed by atoms with E-state index in [0.29, 0.717) is 0 Å². The second-order valence-electron chi connectivity index (χ2n) is 16.5. The average molecular weight is 816 g/mol. The first kappa shape index (κ1) is 37.4. The lowest BCUT2D eigenvalue weighted by Crippen LogP contribution is -2.61. The van der Waals surface area contributed by atoms with E-state index in [-0.39, 0.29) is 6.71 Å². The maximum absolute atomic E-state index is 2.51. The van der Waals surface area contributed by atoms with Gasteiger partial charge in [0.15, 0.2) is 0 Å². The predicted octanol–water partition coefficient (Wildman–Crippen LogP) is 14.2. The molecule has 64 heavy (non-hydrogen) atoms. The monoisotopic (exact) mass is 815 g/mol. The minimum atomic E-state index is -0.0184.